The second-order valence-electron chi connectivity index (χ2n) is 28.6. The fraction of sp³-hybridized carbons (Fsp3) is 0.947. The predicted molar refractivity (Wildman–Crippen MR) is 386 cm³/mol. The molecule has 0 saturated heterocycles. The van der Waals surface area contributed by atoms with E-state index in [-0.39, 0.29) is 25.7 Å². The van der Waals surface area contributed by atoms with Crippen LogP contribution in [-0.4, -0.2) is 96.7 Å². The normalized spacial score (nSPS) is 15.0. The molecule has 5 unspecified atom stereocenters. The van der Waals surface area contributed by atoms with Gasteiger partial charge >= 0.3 is 39.5 Å². The standard InChI is InChI=1S/C76H148O17P2/c1-9-67(6)53-45-37-29-22-20-18-16-14-12-13-15-17-19-21-23-32-42-50-58-75(80)92-71(62-86-73(78)56-48-40-31-27-25-30-38-46-54-68(7)10-2)64-90-94(82,83)88-60-70(77)61-89-95(84,85)91-65-72(63-87-74(79)57-49-41-35-34-39-47-55-69(8)11-3)93-76(81)59-51-43-33-26-24-28-36-44-52-66(4)5/h66-72,77H,9-65H2,1-8H3,(H,82,83)(H,84,85)/t67?,68?,69?,70-,71-,72-/m1/s1. The molecule has 0 amide bonds. The number of carbonyl (C=O) groups is 4. The van der Waals surface area contributed by atoms with Crippen molar-refractivity contribution in [3.05, 3.63) is 0 Å². The third kappa shape index (κ3) is 66.4. The van der Waals surface area contributed by atoms with Gasteiger partial charge in [0.15, 0.2) is 12.2 Å². The van der Waals surface area contributed by atoms with Crippen molar-refractivity contribution in [2.45, 2.75) is 401 Å². The van der Waals surface area contributed by atoms with Crippen molar-refractivity contribution in [2.24, 2.45) is 23.7 Å². The molecule has 0 heterocycles. The predicted octanol–water partition coefficient (Wildman–Crippen LogP) is 22.0. The van der Waals surface area contributed by atoms with E-state index in [0.29, 0.717) is 25.7 Å². The summed E-state index contributed by atoms with van der Waals surface area (Å²) in [5.41, 5.74) is 0. The van der Waals surface area contributed by atoms with Gasteiger partial charge in [-0.25, -0.2) is 9.13 Å². The lowest BCUT2D eigenvalue weighted by atomic mass is 9.99. The maximum atomic E-state index is 13.1. The lowest BCUT2D eigenvalue weighted by molar-refractivity contribution is -0.161. The third-order valence-electron chi connectivity index (χ3n) is 18.7. The van der Waals surface area contributed by atoms with E-state index in [1.807, 2.05) is 0 Å². The molecule has 0 spiro atoms. The molecule has 3 N–H and O–H groups in total. The zero-order valence-electron chi connectivity index (χ0n) is 62.3. The van der Waals surface area contributed by atoms with E-state index in [2.05, 4.69) is 55.4 Å². The number of aliphatic hydroxyl groups is 1. The molecule has 564 valence electrons. The first-order valence-corrected chi connectivity index (χ1v) is 42.3. The highest BCUT2D eigenvalue weighted by atomic mass is 31.2. The summed E-state index contributed by atoms with van der Waals surface area (Å²) < 4.78 is 68.5. The zero-order valence-corrected chi connectivity index (χ0v) is 64.1. The Bertz CT molecular complexity index is 1870. The fourth-order valence-corrected chi connectivity index (χ4v) is 13.0. The van der Waals surface area contributed by atoms with Gasteiger partial charge < -0.3 is 33.8 Å². The monoisotopic (exact) mass is 1400 g/mol. The Morgan fingerprint density at radius 2 is 0.505 bits per heavy atom. The van der Waals surface area contributed by atoms with Crippen molar-refractivity contribution < 1.29 is 80.2 Å². The summed E-state index contributed by atoms with van der Waals surface area (Å²) in [4.78, 5) is 72.7. The van der Waals surface area contributed by atoms with E-state index in [9.17, 15) is 43.2 Å². The van der Waals surface area contributed by atoms with Crippen LogP contribution in [0.15, 0.2) is 0 Å². The Labute approximate surface area is 581 Å². The molecule has 0 bridgehead atoms. The number of phosphoric acid groups is 2. The molecule has 0 saturated carbocycles. The number of esters is 4. The van der Waals surface area contributed by atoms with Crippen LogP contribution in [0.2, 0.25) is 0 Å². The van der Waals surface area contributed by atoms with E-state index in [1.165, 1.54) is 180 Å². The lowest BCUT2D eigenvalue weighted by Gasteiger charge is -2.21. The average Bonchev–Trinajstić information content (AvgIpc) is 1.61. The quantitative estimate of drug-likeness (QED) is 0.0222. The first-order chi connectivity index (χ1) is 45.7. The molecule has 19 heteroatoms. The minimum Gasteiger partial charge on any atom is -0.462 e. The van der Waals surface area contributed by atoms with Crippen LogP contribution in [-0.2, 0) is 65.4 Å². The van der Waals surface area contributed by atoms with Crippen LogP contribution in [0.25, 0.3) is 0 Å². The van der Waals surface area contributed by atoms with Crippen LogP contribution in [0.3, 0.4) is 0 Å². The van der Waals surface area contributed by atoms with Gasteiger partial charge in [-0.05, 0) is 49.4 Å². The summed E-state index contributed by atoms with van der Waals surface area (Å²) in [7, 11) is -9.91. The molecule has 17 nitrogen and oxygen atoms in total. The van der Waals surface area contributed by atoms with E-state index < -0.39 is 97.5 Å². The van der Waals surface area contributed by atoms with Gasteiger partial charge in [0.25, 0.3) is 0 Å². The van der Waals surface area contributed by atoms with Crippen molar-refractivity contribution >= 4 is 39.5 Å². The minimum absolute atomic E-state index is 0.103. The van der Waals surface area contributed by atoms with Crippen molar-refractivity contribution in [3.8, 4) is 0 Å². The first kappa shape index (κ1) is 93.1. The van der Waals surface area contributed by atoms with Gasteiger partial charge in [-0.1, -0.05) is 331 Å². The van der Waals surface area contributed by atoms with Crippen LogP contribution in [0.1, 0.15) is 383 Å². The lowest BCUT2D eigenvalue weighted by Crippen LogP contribution is -2.30. The largest absolute Gasteiger partial charge is 0.472 e. The van der Waals surface area contributed by atoms with Crippen LogP contribution in [0, 0.1) is 23.7 Å². The highest BCUT2D eigenvalue weighted by molar-refractivity contribution is 7.47. The molecule has 0 rings (SSSR count). The van der Waals surface area contributed by atoms with Gasteiger partial charge in [-0.15, -0.1) is 0 Å². The SMILES string of the molecule is CCC(C)CCCCCCCCCCCCCCCCCCCCC(=O)O[C@H](COC(=O)CCCCCCCCCCC(C)CC)COP(=O)(O)OC[C@@H](O)COP(=O)(O)OC[C@@H](COC(=O)CCCCCCCCC(C)CC)OC(=O)CCCCCCCCCCC(C)C. The van der Waals surface area contributed by atoms with Gasteiger partial charge in [0.1, 0.15) is 19.3 Å². The maximum absolute atomic E-state index is 13.1. The summed E-state index contributed by atoms with van der Waals surface area (Å²) in [6.45, 7) is 14.2. The van der Waals surface area contributed by atoms with Crippen LogP contribution >= 0.6 is 15.6 Å². The smallest absolute Gasteiger partial charge is 0.462 e. The highest BCUT2D eigenvalue weighted by Crippen LogP contribution is 2.45. The second kappa shape index (κ2) is 65.4. The minimum atomic E-state index is -4.96. The van der Waals surface area contributed by atoms with Crippen molar-refractivity contribution in [3.63, 3.8) is 0 Å². The molecule has 0 radical (unpaired) electrons. The molecule has 8 atom stereocenters. The van der Waals surface area contributed by atoms with Crippen molar-refractivity contribution in [1.29, 1.82) is 0 Å². The zero-order chi connectivity index (χ0) is 70.3. The van der Waals surface area contributed by atoms with Crippen LogP contribution in [0.5, 0.6) is 0 Å². The van der Waals surface area contributed by atoms with E-state index in [4.69, 9.17) is 37.0 Å². The summed E-state index contributed by atoms with van der Waals surface area (Å²) in [6.07, 6.45) is 50.1. The van der Waals surface area contributed by atoms with E-state index in [1.54, 1.807) is 0 Å². The van der Waals surface area contributed by atoms with Crippen LogP contribution < -0.4 is 0 Å². The molecule has 0 aromatic carbocycles. The summed E-state index contributed by atoms with van der Waals surface area (Å²) in [5, 5.41) is 10.6. The van der Waals surface area contributed by atoms with Gasteiger partial charge in [0, 0.05) is 25.7 Å². The number of hydrogen-bond donors (Lipinski definition) is 3. The molecule has 0 fully saturated rings. The van der Waals surface area contributed by atoms with Gasteiger partial charge in [-0.2, -0.15) is 0 Å². The number of carbonyl (C=O) groups excluding carboxylic acids is 4. The van der Waals surface area contributed by atoms with Crippen molar-refractivity contribution in [1.82, 2.24) is 0 Å². The Balaban J connectivity index is 5.19. The number of ether oxygens (including phenoxy) is 4. The molecule has 0 aliphatic rings. The van der Waals surface area contributed by atoms with E-state index in [0.717, 1.165) is 120 Å². The third-order valence-corrected chi connectivity index (χ3v) is 20.6. The number of unbranched alkanes of at least 4 members (excludes halogenated alkanes) is 36. The maximum Gasteiger partial charge on any atom is 0.472 e. The molecular formula is C76H148O17P2. The van der Waals surface area contributed by atoms with Crippen LogP contribution in [0.4, 0.5) is 0 Å². The fourth-order valence-electron chi connectivity index (χ4n) is 11.5. The Morgan fingerprint density at radius 1 is 0.295 bits per heavy atom. The Hall–Kier alpha value is -1.94. The molecule has 0 aliphatic heterocycles. The number of hydrogen-bond acceptors (Lipinski definition) is 15. The van der Waals surface area contributed by atoms with Crippen molar-refractivity contribution in [2.75, 3.05) is 39.6 Å². The molecule has 0 aromatic heterocycles. The van der Waals surface area contributed by atoms with E-state index >= 15 is 0 Å². The number of rotatable bonds is 73. The molecule has 0 aromatic rings. The van der Waals surface area contributed by atoms with Gasteiger partial charge in [0.05, 0.1) is 26.4 Å². The topological polar surface area (TPSA) is 237 Å². The second-order valence-corrected chi connectivity index (χ2v) is 31.5. The average molecular weight is 1400 g/mol. The Kier molecular flexibility index (Phi) is 64.0. The summed E-state index contributed by atoms with van der Waals surface area (Å²) in [5.74, 6) is 0.972. The summed E-state index contributed by atoms with van der Waals surface area (Å²) in [6, 6.07) is 0. The molecule has 0 aliphatic carbocycles. The highest BCUT2D eigenvalue weighted by Gasteiger charge is 2.30. The first-order valence-electron chi connectivity index (χ1n) is 39.3. The molecular weight excluding hydrogens is 1250 g/mol. The van der Waals surface area contributed by atoms with Gasteiger partial charge in [0.2, 0.25) is 0 Å². The number of aliphatic hydroxyl groups excluding tert-OH is 1. The number of phosphoric ester groups is 2. The summed E-state index contributed by atoms with van der Waals surface area (Å²) >= 11 is 0. The van der Waals surface area contributed by atoms with Gasteiger partial charge in [-0.3, -0.25) is 37.3 Å². The Morgan fingerprint density at radius 3 is 0.747 bits per heavy atom. The molecule has 95 heavy (non-hydrogen) atoms.